The van der Waals surface area contributed by atoms with Gasteiger partial charge in [-0.1, -0.05) is 51.9 Å². The van der Waals surface area contributed by atoms with Gasteiger partial charge in [0.15, 0.2) is 0 Å². The van der Waals surface area contributed by atoms with Crippen molar-refractivity contribution in [2.24, 2.45) is 17.3 Å². The van der Waals surface area contributed by atoms with E-state index in [0.717, 1.165) is 31.6 Å². The van der Waals surface area contributed by atoms with Crippen molar-refractivity contribution in [3.8, 4) is 0 Å². The van der Waals surface area contributed by atoms with Crippen LogP contribution in [0.5, 0.6) is 0 Å². The fraction of sp³-hybridized carbons (Fsp3) is 0.944. The van der Waals surface area contributed by atoms with Gasteiger partial charge in [-0.3, -0.25) is 4.79 Å². The van der Waals surface area contributed by atoms with Gasteiger partial charge < -0.3 is 5.11 Å². The second-order valence-corrected chi connectivity index (χ2v) is 7.52. The van der Waals surface area contributed by atoms with Gasteiger partial charge in [0, 0.05) is 0 Å². The average molecular weight is 280 g/mol. The summed E-state index contributed by atoms with van der Waals surface area (Å²) in [4.78, 5) is 11.3. The third-order valence-corrected chi connectivity index (χ3v) is 6.05. The third-order valence-electron chi connectivity index (χ3n) is 6.05. The standard InChI is InChI=1S/C18H32O2/c1-18(16-10-5-3-2-4-6-11-16)13-8-7-9-15(12-14-18)17(19)20/h15-16H,2-14H2,1H3,(H,19,20). The summed E-state index contributed by atoms with van der Waals surface area (Å²) < 4.78 is 0. The number of rotatable bonds is 2. The van der Waals surface area contributed by atoms with Crippen molar-refractivity contribution in [1.29, 1.82) is 0 Å². The minimum absolute atomic E-state index is 0.0804. The first-order valence-corrected chi connectivity index (χ1v) is 8.85. The van der Waals surface area contributed by atoms with Crippen molar-refractivity contribution in [3.63, 3.8) is 0 Å². The number of hydrogen-bond acceptors (Lipinski definition) is 1. The smallest absolute Gasteiger partial charge is 0.306 e. The van der Waals surface area contributed by atoms with E-state index in [4.69, 9.17) is 0 Å². The van der Waals surface area contributed by atoms with Crippen LogP contribution in [0.3, 0.4) is 0 Å². The van der Waals surface area contributed by atoms with E-state index in [1.807, 2.05) is 0 Å². The fourth-order valence-electron chi connectivity index (χ4n) is 4.50. The first kappa shape index (κ1) is 15.9. The maximum Gasteiger partial charge on any atom is 0.306 e. The summed E-state index contributed by atoms with van der Waals surface area (Å²) in [6.07, 6.45) is 16.4. The summed E-state index contributed by atoms with van der Waals surface area (Å²) in [7, 11) is 0. The molecule has 1 N–H and O–H groups in total. The molecular formula is C18H32O2. The Morgan fingerprint density at radius 3 is 2.10 bits per heavy atom. The summed E-state index contributed by atoms with van der Waals surface area (Å²) in [6.45, 7) is 2.46. The Balaban J connectivity index is 1.99. The van der Waals surface area contributed by atoms with Gasteiger partial charge in [0.05, 0.1) is 5.92 Å². The van der Waals surface area contributed by atoms with Crippen LogP contribution >= 0.6 is 0 Å². The molecule has 0 aromatic carbocycles. The molecule has 2 nitrogen and oxygen atoms in total. The van der Waals surface area contributed by atoms with Crippen LogP contribution in [0, 0.1) is 17.3 Å². The van der Waals surface area contributed by atoms with E-state index in [0.29, 0.717) is 5.41 Å². The highest BCUT2D eigenvalue weighted by molar-refractivity contribution is 5.69. The van der Waals surface area contributed by atoms with Crippen LogP contribution in [0.4, 0.5) is 0 Å². The number of carboxylic acids is 1. The maximum absolute atomic E-state index is 11.3. The lowest BCUT2D eigenvalue weighted by Crippen LogP contribution is -2.31. The summed E-state index contributed by atoms with van der Waals surface area (Å²) in [5.41, 5.74) is 0.408. The van der Waals surface area contributed by atoms with Crippen LogP contribution in [-0.2, 0) is 4.79 Å². The van der Waals surface area contributed by atoms with Crippen molar-refractivity contribution in [1.82, 2.24) is 0 Å². The normalized spacial score (nSPS) is 34.5. The molecule has 0 saturated heterocycles. The Morgan fingerprint density at radius 2 is 1.45 bits per heavy atom. The molecule has 2 atom stereocenters. The van der Waals surface area contributed by atoms with E-state index in [9.17, 15) is 9.90 Å². The molecule has 20 heavy (non-hydrogen) atoms. The van der Waals surface area contributed by atoms with Crippen LogP contribution < -0.4 is 0 Å². The van der Waals surface area contributed by atoms with E-state index in [2.05, 4.69) is 6.92 Å². The second-order valence-electron chi connectivity index (χ2n) is 7.52. The highest BCUT2D eigenvalue weighted by Gasteiger charge is 2.35. The van der Waals surface area contributed by atoms with E-state index in [-0.39, 0.29) is 5.92 Å². The largest absolute Gasteiger partial charge is 0.481 e. The summed E-state index contributed by atoms with van der Waals surface area (Å²) in [6, 6.07) is 0. The van der Waals surface area contributed by atoms with Crippen LogP contribution in [0.15, 0.2) is 0 Å². The summed E-state index contributed by atoms with van der Waals surface area (Å²) in [5.74, 6) is 0.199. The number of carbonyl (C=O) groups is 1. The van der Waals surface area contributed by atoms with Gasteiger partial charge in [0.2, 0.25) is 0 Å². The van der Waals surface area contributed by atoms with Gasteiger partial charge in [0.25, 0.3) is 0 Å². The monoisotopic (exact) mass is 280 g/mol. The van der Waals surface area contributed by atoms with Crippen molar-refractivity contribution in [3.05, 3.63) is 0 Å². The molecule has 0 radical (unpaired) electrons. The Morgan fingerprint density at radius 1 is 0.850 bits per heavy atom. The topological polar surface area (TPSA) is 37.3 Å². The molecule has 2 fully saturated rings. The molecule has 2 aliphatic carbocycles. The van der Waals surface area contributed by atoms with Crippen LogP contribution in [0.25, 0.3) is 0 Å². The lowest BCUT2D eigenvalue weighted by atomic mass is 9.64. The zero-order chi connectivity index (χ0) is 14.4. The Kier molecular flexibility index (Phi) is 5.92. The second kappa shape index (κ2) is 7.47. The van der Waals surface area contributed by atoms with Gasteiger partial charge in [-0.25, -0.2) is 0 Å². The van der Waals surface area contributed by atoms with Crippen molar-refractivity contribution in [2.75, 3.05) is 0 Å². The molecule has 2 aliphatic rings. The zero-order valence-corrected chi connectivity index (χ0v) is 13.2. The molecule has 0 amide bonds. The Bertz CT molecular complexity index is 305. The number of hydrogen-bond donors (Lipinski definition) is 1. The summed E-state index contributed by atoms with van der Waals surface area (Å²) >= 11 is 0. The first-order valence-electron chi connectivity index (χ1n) is 8.85. The van der Waals surface area contributed by atoms with E-state index in [1.165, 1.54) is 57.8 Å². The SMILES string of the molecule is CC1(C2CCCCCCC2)CCCCC(C(=O)O)CC1. The van der Waals surface area contributed by atoms with Crippen molar-refractivity contribution >= 4 is 5.97 Å². The molecule has 0 heterocycles. The van der Waals surface area contributed by atoms with E-state index < -0.39 is 5.97 Å². The Labute approximate surface area is 124 Å². The van der Waals surface area contributed by atoms with Gasteiger partial charge in [0.1, 0.15) is 0 Å². The highest BCUT2D eigenvalue weighted by atomic mass is 16.4. The Hall–Kier alpha value is -0.530. The van der Waals surface area contributed by atoms with Crippen LogP contribution in [-0.4, -0.2) is 11.1 Å². The molecule has 0 aromatic heterocycles. The van der Waals surface area contributed by atoms with Gasteiger partial charge in [-0.2, -0.15) is 0 Å². The molecule has 0 spiro atoms. The highest BCUT2D eigenvalue weighted by Crippen LogP contribution is 2.46. The van der Waals surface area contributed by atoms with Gasteiger partial charge >= 0.3 is 5.97 Å². The maximum atomic E-state index is 11.3. The zero-order valence-electron chi connectivity index (χ0n) is 13.2. The molecule has 0 bridgehead atoms. The average Bonchev–Trinajstić information content (AvgIpc) is 2.33. The fourth-order valence-corrected chi connectivity index (χ4v) is 4.50. The molecular weight excluding hydrogens is 248 g/mol. The molecule has 0 aliphatic heterocycles. The third kappa shape index (κ3) is 4.23. The van der Waals surface area contributed by atoms with Crippen molar-refractivity contribution < 1.29 is 9.90 Å². The number of aliphatic carboxylic acids is 1. The lowest BCUT2D eigenvalue weighted by Gasteiger charge is -2.41. The van der Waals surface area contributed by atoms with E-state index >= 15 is 0 Å². The minimum atomic E-state index is -0.563. The molecule has 2 rings (SSSR count). The quantitative estimate of drug-likeness (QED) is 0.734. The number of carboxylic acid groups (broad SMARTS) is 1. The minimum Gasteiger partial charge on any atom is -0.481 e. The van der Waals surface area contributed by atoms with Gasteiger partial charge in [-0.05, 0) is 49.9 Å². The van der Waals surface area contributed by atoms with Crippen molar-refractivity contribution in [2.45, 2.75) is 90.4 Å². The van der Waals surface area contributed by atoms with Crippen LogP contribution in [0.2, 0.25) is 0 Å². The van der Waals surface area contributed by atoms with Gasteiger partial charge in [-0.15, -0.1) is 0 Å². The first-order chi connectivity index (χ1) is 9.62. The van der Waals surface area contributed by atoms with E-state index in [1.54, 1.807) is 0 Å². The molecule has 116 valence electrons. The molecule has 2 saturated carbocycles. The van der Waals surface area contributed by atoms with Crippen LogP contribution in [0.1, 0.15) is 90.4 Å². The molecule has 2 heteroatoms. The molecule has 0 aromatic rings. The molecule has 2 unspecified atom stereocenters. The lowest BCUT2D eigenvalue weighted by molar-refractivity contribution is -0.142. The predicted octanol–water partition coefficient (Wildman–Crippen LogP) is 5.41. The predicted molar refractivity (Wildman–Crippen MR) is 82.7 cm³/mol. The summed E-state index contributed by atoms with van der Waals surface area (Å²) in [5, 5.41) is 9.32.